The molecule has 0 aliphatic carbocycles. The number of alkyl halides is 2. The summed E-state index contributed by atoms with van der Waals surface area (Å²) in [5, 5.41) is 11.0. The van der Waals surface area contributed by atoms with E-state index in [1.54, 1.807) is 19.0 Å². The smallest absolute Gasteiger partial charge is 0.280 e. The first-order valence-corrected chi connectivity index (χ1v) is 13.9. The lowest BCUT2D eigenvalue weighted by Gasteiger charge is -2.39. The zero-order chi connectivity index (χ0) is 28.3. The molecule has 0 saturated carbocycles. The van der Waals surface area contributed by atoms with Crippen molar-refractivity contribution in [1.82, 2.24) is 14.8 Å². The summed E-state index contributed by atoms with van der Waals surface area (Å²) >= 11 is 5.94. The number of amides is 2. The Kier molecular flexibility index (Phi) is 9.11. The van der Waals surface area contributed by atoms with Crippen molar-refractivity contribution in [1.29, 1.82) is 0 Å². The van der Waals surface area contributed by atoms with Crippen molar-refractivity contribution in [3.63, 3.8) is 0 Å². The second-order valence-corrected chi connectivity index (χ2v) is 11.4. The summed E-state index contributed by atoms with van der Waals surface area (Å²) in [6, 6.07) is 9.26. The fourth-order valence-electron chi connectivity index (χ4n) is 5.74. The fraction of sp³-hybridized carbons (Fsp3) is 0.552. The van der Waals surface area contributed by atoms with Crippen molar-refractivity contribution in [2.24, 2.45) is 11.8 Å². The summed E-state index contributed by atoms with van der Waals surface area (Å²) in [6.07, 6.45) is 1.27. The van der Waals surface area contributed by atoms with Gasteiger partial charge in [-0.25, -0.2) is 13.8 Å². The van der Waals surface area contributed by atoms with Crippen LogP contribution in [0.5, 0.6) is 0 Å². The van der Waals surface area contributed by atoms with Crippen LogP contribution in [0.2, 0.25) is 5.02 Å². The third kappa shape index (κ3) is 6.35. The molecule has 2 aromatic rings. The Morgan fingerprint density at radius 3 is 2.23 bits per heavy atom. The molecule has 1 unspecified atom stereocenters. The molecule has 1 N–H and O–H groups in total. The average Bonchev–Trinajstić information content (AvgIpc) is 2.92. The molecule has 0 radical (unpaired) electrons. The molecule has 4 rings (SSSR count). The van der Waals surface area contributed by atoms with Crippen molar-refractivity contribution in [3.8, 4) is 0 Å². The van der Waals surface area contributed by atoms with Crippen molar-refractivity contribution in [3.05, 3.63) is 58.2 Å². The highest BCUT2D eigenvalue weighted by Gasteiger charge is 2.50. The van der Waals surface area contributed by atoms with E-state index in [9.17, 15) is 23.5 Å². The number of aliphatic hydroxyl groups is 1. The summed E-state index contributed by atoms with van der Waals surface area (Å²) in [5.41, 5.74) is -1.76. The Balaban J connectivity index is 1.28. The summed E-state index contributed by atoms with van der Waals surface area (Å²) in [7, 11) is 3.46. The number of halogens is 3. The van der Waals surface area contributed by atoms with Gasteiger partial charge in [0.1, 0.15) is 5.82 Å². The highest BCUT2D eigenvalue weighted by Crippen LogP contribution is 2.36. The van der Waals surface area contributed by atoms with Gasteiger partial charge in [-0.2, -0.15) is 0 Å². The quantitative estimate of drug-likeness (QED) is 0.527. The van der Waals surface area contributed by atoms with Crippen LogP contribution in [0.4, 0.5) is 14.6 Å². The van der Waals surface area contributed by atoms with E-state index < -0.39 is 17.9 Å². The Morgan fingerprint density at radius 1 is 1.08 bits per heavy atom. The molecule has 10 heteroatoms. The Labute approximate surface area is 233 Å². The molecular formula is C29H37ClF2N4O3. The minimum absolute atomic E-state index is 0.0543. The lowest BCUT2D eigenvalue weighted by atomic mass is 9.82. The zero-order valence-corrected chi connectivity index (χ0v) is 23.5. The van der Waals surface area contributed by atoms with E-state index in [-0.39, 0.29) is 16.5 Å². The van der Waals surface area contributed by atoms with Crippen LogP contribution in [-0.2, 0) is 10.4 Å². The Morgan fingerprint density at radius 2 is 1.69 bits per heavy atom. The Hall–Kier alpha value is -2.78. The van der Waals surface area contributed by atoms with Crippen molar-refractivity contribution in [2.75, 3.05) is 45.2 Å². The van der Waals surface area contributed by atoms with Gasteiger partial charge in [0.25, 0.3) is 18.2 Å². The molecule has 2 fully saturated rings. The molecule has 2 aliphatic rings. The Bertz CT molecular complexity index is 1180. The predicted octanol–water partition coefficient (Wildman–Crippen LogP) is 4.74. The van der Waals surface area contributed by atoms with Gasteiger partial charge in [0, 0.05) is 50.9 Å². The molecule has 3 heterocycles. The second-order valence-electron chi connectivity index (χ2n) is 11.0. The molecule has 39 heavy (non-hydrogen) atoms. The molecule has 1 aromatic heterocycles. The number of carbonyl (C=O) groups is 2. The summed E-state index contributed by atoms with van der Waals surface area (Å²) in [5.74, 6) is 0.829. The van der Waals surface area contributed by atoms with E-state index >= 15 is 0 Å². The van der Waals surface area contributed by atoms with Crippen LogP contribution in [0, 0.1) is 18.8 Å². The number of aromatic nitrogens is 1. The van der Waals surface area contributed by atoms with Crippen LogP contribution >= 0.6 is 11.6 Å². The highest BCUT2D eigenvalue weighted by atomic mass is 35.5. The number of hydrogen-bond acceptors (Lipinski definition) is 5. The summed E-state index contributed by atoms with van der Waals surface area (Å²) in [4.78, 5) is 35.2. The van der Waals surface area contributed by atoms with Crippen molar-refractivity contribution >= 4 is 29.2 Å². The molecule has 212 valence electrons. The fourth-order valence-corrected chi connectivity index (χ4v) is 5.93. The van der Waals surface area contributed by atoms with Gasteiger partial charge in [-0.1, -0.05) is 23.7 Å². The number of carbonyl (C=O) groups excluding carboxylic acids is 2. The van der Waals surface area contributed by atoms with E-state index in [0.717, 1.165) is 56.7 Å². The van der Waals surface area contributed by atoms with Crippen molar-refractivity contribution in [2.45, 2.75) is 51.1 Å². The van der Waals surface area contributed by atoms with Crippen LogP contribution < -0.4 is 4.90 Å². The van der Waals surface area contributed by atoms with E-state index in [2.05, 4.69) is 9.88 Å². The number of rotatable bonds is 7. The van der Waals surface area contributed by atoms with Crippen molar-refractivity contribution < 1.29 is 23.5 Å². The highest BCUT2D eigenvalue weighted by molar-refractivity contribution is 6.30. The van der Waals surface area contributed by atoms with Crippen LogP contribution in [0.1, 0.15) is 53.7 Å². The lowest BCUT2D eigenvalue weighted by Crippen LogP contribution is -2.53. The molecule has 1 atom stereocenters. The number of piperidine rings is 2. The second kappa shape index (κ2) is 12.2. The average molecular weight is 563 g/mol. The number of pyridine rings is 1. The number of likely N-dealkylation sites (tertiary alicyclic amines) is 1. The van der Waals surface area contributed by atoms with Gasteiger partial charge < -0.3 is 19.8 Å². The zero-order valence-electron chi connectivity index (χ0n) is 22.7. The maximum Gasteiger partial charge on any atom is 0.280 e. The maximum absolute atomic E-state index is 14.0. The topological polar surface area (TPSA) is 77.0 Å². The van der Waals surface area contributed by atoms with Crippen LogP contribution in [0.25, 0.3) is 0 Å². The number of benzene rings is 1. The molecule has 0 spiro atoms. The third-order valence-electron chi connectivity index (χ3n) is 8.12. The van der Waals surface area contributed by atoms with Gasteiger partial charge in [0.05, 0.1) is 11.3 Å². The monoisotopic (exact) mass is 562 g/mol. The number of nitrogens with zero attached hydrogens (tertiary/aromatic N) is 4. The minimum Gasteiger partial charge on any atom is -0.371 e. The standard InChI is InChI=1S/C29H37ClF2N4O3/c1-19-24(26(37)34(2)3)7-8-25(33-19)35-13-9-20(10-14-35)17-21-11-15-36(16-12-21)28(38)29(39,27(31)32)22-5-4-6-23(30)18-22/h4-8,18,20-21,27,39H,9-17H2,1-3H3. The van der Waals surface area contributed by atoms with Gasteiger partial charge in [-0.05, 0) is 75.1 Å². The largest absolute Gasteiger partial charge is 0.371 e. The van der Waals surface area contributed by atoms with Gasteiger partial charge in [0.2, 0.25) is 5.60 Å². The lowest BCUT2D eigenvalue weighted by molar-refractivity contribution is -0.173. The molecule has 2 saturated heterocycles. The van der Waals surface area contributed by atoms with Gasteiger partial charge >= 0.3 is 0 Å². The van der Waals surface area contributed by atoms with Gasteiger partial charge in [0.15, 0.2) is 0 Å². The molecule has 1 aromatic carbocycles. The van der Waals surface area contributed by atoms with Crippen LogP contribution in [0.15, 0.2) is 36.4 Å². The first-order chi connectivity index (χ1) is 18.5. The van der Waals surface area contributed by atoms with Crippen LogP contribution in [-0.4, -0.2) is 78.4 Å². The minimum atomic E-state index is -3.27. The number of hydrogen-bond donors (Lipinski definition) is 1. The molecule has 2 aliphatic heterocycles. The van der Waals surface area contributed by atoms with E-state index in [0.29, 0.717) is 30.5 Å². The molecule has 2 amide bonds. The summed E-state index contributed by atoms with van der Waals surface area (Å²) < 4.78 is 28.0. The summed E-state index contributed by atoms with van der Waals surface area (Å²) in [6.45, 7) is 4.33. The number of aryl methyl sites for hydroxylation is 1. The van der Waals surface area contributed by atoms with E-state index in [4.69, 9.17) is 11.6 Å². The normalized spacial score (nSPS) is 18.8. The van der Waals surface area contributed by atoms with Crippen LogP contribution in [0.3, 0.4) is 0 Å². The predicted molar refractivity (Wildman–Crippen MR) is 147 cm³/mol. The first kappa shape index (κ1) is 29.2. The molecule has 7 nitrogen and oxygen atoms in total. The van der Waals surface area contributed by atoms with Gasteiger partial charge in [-0.3, -0.25) is 9.59 Å². The van der Waals surface area contributed by atoms with Gasteiger partial charge in [-0.15, -0.1) is 0 Å². The molecular weight excluding hydrogens is 526 g/mol. The maximum atomic E-state index is 14.0. The SMILES string of the molecule is Cc1nc(N2CCC(CC3CCN(C(=O)C(O)(c4cccc(Cl)c4)C(F)F)CC3)CC2)ccc1C(=O)N(C)C. The van der Waals surface area contributed by atoms with E-state index in [1.165, 1.54) is 29.2 Å². The third-order valence-corrected chi connectivity index (χ3v) is 8.36. The van der Waals surface area contributed by atoms with E-state index in [1.807, 2.05) is 19.1 Å². The first-order valence-electron chi connectivity index (χ1n) is 13.5. The molecule has 0 bridgehead atoms. The number of anilines is 1.